The van der Waals surface area contributed by atoms with Gasteiger partial charge in [0, 0.05) is 43.8 Å². The molecule has 5 rings (SSSR count). The third-order valence-corrected chi connectivity index (χ3v) is 9.13. The average molecular weight is 609 g/mol. The van der Waals surface area contributed by atoms with E-state index in [1.54, 1.807) is 25.3 Å². The third-order valence-electron chi connectivity index (χ3n) is 8.90. The summed E-state index contributed by atoms with van der Waals surface area (Å²) in [6, 6.07) is 14.1. The van der Waals surface area contributed by atoms with Gasteiger partial charge in [0.25, 0.3) is 0 Å². The van der Waals surface area contributed by atoms with E-state index in [1.165, 1.54) is 0 Å². The first kappa shape index (κ1) is 31.0. The van der Waals surface area contributed by atoms with Crippen LogP contribution < -0.4 is 20.7 Å². The van der Waals surface area contributed by atoms with Crippen LogP contribution in [0.2, 0.25) is 5.02 Å². The van der Waals surface area contributed by atoms with Gasteiger partial charge in [-0.3, -0.25) is 19.3 Å². The number of halogens is 1. The van der Waals surface area contributed by atoms with Gasteiger partial charge >= 0.3 is 0 Å². The Kier molecular flexibility index (Phi) is 10.4. The standard InChI is InChI=1S/C33H41ClN4O5/c1-42-29-11-10-25(34)20-27(29)35-30(39)22-38-16-12-26-24(21-38)9-5-6-13-33(14-17-43-18-15-33)32(41)37-28(31(40)36-26)19-23-7-3-2-4-8-23/h2-8,10-11,20,24,26,28H,9,12-19,21-22H2,1H3,(H,35,39)(H,36,40)(H,37,41)/b6-5+/t24-,26-,28-/m0/s1. The molecule has 0 saturated carbocycles. The van der Waals surface area contributed by atoms with E-state index in [9.17, 15) is 14.4 Å². The monoisotopic (exact) mass is 608 g/mol. The number of anilines is 1. The molecule has 230 valence electrons. The van der Waals surface area contributed by atoms with Crippen LogP contribution in [0.5, 0.6) is 5.75 Å². The van der Waals surface area contributed by atoms with E-state index in [4.69, 9.17) is 21.1 Å². The molecule has 2 aromatic rings. The van der Waals surface area contributed by atoms with E-state index in [1.807, 2.05) is 30.3 Å². The number of carbonyl (C=O) groups excluding carboxylic acids is 3. The van der Waals surface area contributed by atoms with Crippen molar-refractivity contribution in [1.29, 1.82) is 0 Å². The second kappa shape index (κ2) is 14.4. The highest BCUT2D eigenvalue weighted by atomic mass is 35.5. The van der Waals surface area contributed by atoms with Gasteiger partial charge < -0.3 is 25.4 Å². The lowest BCUT2D eigenvalue weighted by Crippen LogP contribution is -2.58. The van der Waals surface area contributed by atoms with Gasteiger partial charge in [-0.05, 0) is 61.8 Å². The molecule has 9 nitrogen and oxygen atoms in total. The molecule has 2 fully saturated rings. The van der Waals surface area contributed by atoms with Crippen molar-refractivity contribution in [1.82, 2.24) is 15.5 Å². The highest BCUT2D eigenvalue weighted by Gasteiger charge is 2.41. The zero-order valence-corrected chi connectivity index (χ0v) is 25.4. The Morgan fingerprint density at radius 3 is 2.67 bits per heavy atom. The summed E-state index contributed by atoms with van der Waals surface area (Å²) in [5.74, 6) is 0.256. The first-order valence-electron chi connectivity index (χ1n) is 15.1. The van der Waals surface area contributed by atoms with Gasteiger partial charge in [-0.15, -0.1) is 0 Å². The van der Waals surface area contributed by atoms with E-state index in [2.05, 4.69) is 33.0 Å². The molecule has 3 N–H and O–H groups in total. The highest BCUT2D eigenvalue weighted by molar-refractivity contribution is 6.31. The minimum absolute atomic E-state index is 0.0730. The van der Waals surface area contributed by atoms with Gasteiger partial charge in [0.15, 0.2) is 0 Å². The Labute approximate surface area is 258 Å². The van der Waals surface area contributed by atoms with Gasteiger partial charge in [-0.2, -0.15) is 0 Å². The maximum Gasteiger partial charge on any atom is 0.243 e. The van der Waals surface area contributed by atoms with Crippen LogP contribution in [0.1, 0.15) is 37.7 Å². The lowest BCUT2D eigenvalue weighted by atomic mass is 9.75. The Morgan fingerprint density at radius 2 is 1.91 bits per heavy atom. The predicted molar refractivity (Wildman–Crippen MR) is 166 cm³/mol. The van der Waals surface area contributed by atoms with E-state index < -0.39 is 11.5 Å². The molecule has 0 unspecified atom stereocenters. The molecule has 10 heteroatoms. The van der Waals surface area contributed by atoms with Crippen molar-refractivity contribution in [2.24, 2.45) is 11.3 Å². The van der Waals surface area contributed by atoms with Crippen LogP contribution in [-0.4, -0.2) is 74.7 Å². The third kappa shape index (κ3) is 7.96. The highest BCUT2D eigenvalue weighted by Crippen LogP contribution is 2.36. The second-order valence-corrected chi connectivity index (χ2v) is 12.2. The number of nitrogens with one attached hydrogen (secondary N) is 3. The molecular weight excluding hydrogens is 568 g/mol. The van der Waals surface area contributed by atoms with Crippen LogP contribution in [0.4, 0.5) is 5.69 Å². The second-order valence-electron chi connectivity index (χ2n) is 11.8. The molecule has 3 aliphatic rings. The Bertz CT molecular complexity index is 1310. The van der Waals surface area contributed by atoms with E-state index >= 15 is 0 Å². The summed E-state index contributed by atoms with van der Waals surface area (Å²) in [6.07, 6.45) is 7.95. The molecule has 1 spiro atoms. The van der Waals surface area contributed by atoms with Gasteiger partial charge in [0.2, 0.25) is 17.7 Å². The number of allylic oxidation sites excluding steroid dienone is 2. The lowest BCUT2D eigenvalue weighted by Gasteiger charge is -2.40. The van der Waals surface area contributed by atoms with E-state index in [0.717, 1.165) is 12.0 Å². The molecule has 3 aliphatic heterocycles. The average Bonchev–Trinajstić information content (AvgIpc) is 3.00. The van der Waals surface area contributed by atoms with Crippen molar-refractivity contribution in [2.75, 3.05) is 45.3 Å². The summed E-state index contributed by atoms with van der Waals surface area (Å²) >= 11 is 6.14. The number of methoxy groups -OCH3 is 1. The van der Waals surface area contributed by atoms with Crippen molar-refractivity contribution in [3.8, 4) is 5.75 Å². The van der Waals surface area contributed by atoms with Crippen molar-refractivity contribution in [3.05, 3.63) is 71.3 Å². The number of carbonyl (C=O) groups is 3. The summed E-state index contributed by atoms with van der Waals surface area (Å²) in [4.78, 5) is 42.7. The molecule has 3 amide bonds. The minimum atomic E-state index is -0.685. The van der Waals surface area contributed by atoms with Crippen molar-refractivity contribution in [2.45, 2.75) is 50.6 Å². The Hall–Kier alpha value is -3.40. The maximum absolute atomic E-state index is 13.8. The van der Waals surface area contributed by atoms with Crippen LogP contribution in [0.3, 0.4) is 0 Å². The largest absolute Gasteiger partial charge is 0.495 e. The van der Waals surface area contributed by atoms with E-state index in [0.29, 0.717) is 74.9 Å². The number of benzene rings is 2. The Morgan fingerprint density at radius 1 is 1.12 bits per heavy atom. The molecule has 0 aliphatic carbocycles. The molecule has 43 heavy (non-hydrogen) atoms. The molecule has 0 bridgehead atoms. The number of likely N-dealkylation sites (tertiary alicyclic amines) is 1. The normalized spacial score (nSPS) is 25.3. The van der Waals surface area contributed by atoms with Crippen LogP contribution >= 0.6 is 11.6 Å². The zero-order valence-electron chi connectivity index (χ0n) is 24.7. The fourth-order valence-electron chi connectivity index (χ4n) is 6.37. The van der Waals surface area contributed by atoms with Crippen LogP contribution in [0.25, 0.3) is 0 Å². The first-order valence-corrected chi connectivity index (χ1v) is 15.5. The quantitative estimate of drug-likeness (QED) is 0.428. The lowest BCUT2D eigenvalue weighted by molar-refractivity contribution is -0.140. The number of nitrogens with zero attached hydrogens (tertiary/aromatic N) is 1. The van der Waals surface area contributed by atoms with Crippen molar-refractivity contribution in [3.63, 3.8) is 0 Å². The van der Waals surface area contributed by atoms with Crippen molar-refractivity contribution >= 4 is 35.0 Å². The molecule has 0 radical (unpaired) electrons. The number of fused-ring (bicyclic) bond motifs is 1. The molecule has 0 aromatic heterocycles. The molecule has 3 atom stereocenters. The summed E-state index contributed by atoms with van der Waals surface area (Å²) in [5, 5.41) is 9.86. The summed E-state index contributed by atoms with van der Waals surface area (Å²) < 4.78 is 11.0. The van der Waals surface area contributed by atoms with Crippen molar-refractivity contribution < 1.29 is 23.9 Å². The summed E-state index contributed by atoms with van der Waals surface area (Å²) in [7, 11) is 1.55. The summed E-state index contributed by atoms with van der Waals surface area (Å²) in [6.45, 7) is 2.58. The van der Waals surface area contributed by atoms with Gasteiger partial charge in [0.05, 0.1) is 24.8 Å². The van der Waals surface area contributed by atoms with Gasteiger partial charge in [0.1, 0.15) is 11.8 Å². The number of hydrogen-bond acceptors (Lipinski definition) is 6. The zero-order chi connectivity index (χ0) is 30.2. The predicted octanol–water partition coefficient (Wildman–Crippen LogP) is 3.97. The van der Waals surface area contributed by atoms with Crippen LogP contribution in [0, 0.1) is 11.3 Å². The molecule has 2 saturated heterocycles. The number of piperidine rings is 1. The number of hydrogen-bond donors (Lipinski definition) is 3. The molecule has 3 heterocycles. The van der Waals surface area contributed by atoms with Gasteiger partial charge in [-0.25, -0.2) is 0 Å². The number of amides is 3. The topological polar surface area (TPSA) is 109 Å². The first-order chi connectivity index (χ1) is 20.8. The molecular formula is C33H41ClN4O5. The molecule has 2 aromatic carbocycles. The fourth-order valence-corrected chi connectivity index (χ4v) is 6.54. The smallest absolute Gasteiger partial charge is 0.243 e. The minimum Gasteiger partial charge on any atom is -0.495 e. The fraction of sp³-hybridized carbons (Fsp3) is 0.485. The van der Waals surface area contributed by atoms with Crippen LogP contribution in [-0.2, 0) is 25.5 Å². The summed E-state index contributed by atoms with van der Waals surface area (Å²) in [5.41, 5.74) is 0.926. The van der Waals surface area contributed by atoms with Gasteiger partial charge in [-0.1, -0.05) is 54.1 Å². The SMILES string of the molecule is COc1ccc(Cl)cc1NC(=O)CN1CC[C@@H]2NC(=O)[C@H](Cc3ccccc3)NC(=O)C3(C/C=C/C[C@H]2C1)CCOCC3. The van der Waals surface area contributed by atoms with E-state index in [-0.39, 0.29) is 36.2 Å². The number of rotatable bonds is 6. The Balaban J connectivity index is 1.31. The van der Waals surface area contributed by atoms with Crippen LogP contribution in [0.15, 0.2) is 60.7 Å². The number of ether oxygens (including phenoxy) is 2. The maximum atomic E-state index is 13.8.